The highest BCUT2D eigenvalue weighted by Gasteiger charge is 2.38. The molecule has 0 aromatic carbocycles. The van der Waals surface area contributed by atoms with Crippen molar-refractivity contribution in [3.63, 3.8) is 0 Å². The van der Waals surface area contributed by atoms with Crippen molar-refractivity contribution in [3.05, 3.63) is 0 Å². The molecule has 0 bridgehead atoms. The van der Waals surface area contributed by atoms with Crippen LogP contribution in [0.4, 0.5) is 0 Å². The van der Waals surface area contributed by atoms with Gasteiger partial charge in [0, 0.05) is 6.54 Å². The van der Waals surface area contributed by atoms with Gasteiger partial charge in [-0.25, -0.2) is 0 Å². The van der Waals surface area contributed by atoms with Gasteiger partial charge in [-0.2, -0.15) is 0 Å². The summed E-state index contributed by atoms with van der Waals surface area (Å²) in [6.07, 6.45) is 0.731. The summed E-state index contributed by atoms with van der Waals surface area (Å²) >= 11 is 0. The number of rotatable bonds is 0. The monoisotopic (exact) mass is 169 g/mol. The van der Waals surface area contributed by atoms with Gasteiger partial charge < -0.3 is 10.6 Å². The summed E-state index contributed by atoms with van der Waals surface area (Å²) in [5, 5.41) is 8.35. The van der Waals surface area contributed by atoms with Crippen LogP contribution in [0.2, 0.25) is 0 Å². The summed E-state index contributed by atoms with van der Waals surface area (Å²) in [6, 6.07) is -0.313. The summed E-state index contributed by atoms with van der Waals surface area (Å²) in [7, 11) is 0. The van der Waals surface area contributed by atoms with Crippen LogP contribution in [0.25, 0.3) is 0 Å². The van der Waals surface area contributed by atoms with Crippen molar-refractivity contribution < 1.29 is 9.59 Å². The first-order valence-corrected chi connectivity index (χ1v) is 4.08. The third-order valence-electron chi connectivity index (χ3n) is 2.36. The molecule has 0 saturated carbocycles. The normalized spacial score (nSPS) is 35.0. The Morgan fingerprint density at radius 1 is 1.17 bits per heavy atom. The van der Waals surface area contributed by atoms with E-state index in [1.165, 1.54) is 0 Å². The molecule has 2 heterocycles. The average molecular weight is 169 g/mol. The summed E-state index contributed by atoms with van der Waals surface area (Å²) in [6.45, 7) is 1.00. The molecule has 5 heteroatoms. The molecule has 2 aliphatic heterocycles. The van der Waals surface area contributed by atoms with Gasteiger partial charge in [0.1, 0.15) is 0 Å². The SMILES string of the molecule is O=C1NCNC2C(=O)NCCC12. The second-order valence-electron chi connectivity index (χ2n) is 3.09. The van der Waals surface area contributed by atoms with Crippen molar-refractivity contribution in [2.45, 2.75) is 12.5 Å². The summed E-state index contributed by atoms with van der Waals surface area (Å²) < 4.78 is 0. The van der Waals surface area contributed by atoms with Crippen molar-refractivity contribution in [1.82, 2.24) is 16.0 Å². The minimum Gasteiger partial charge on any atom is -0.355 e. The molecular formula is C7H11N3O2. The minimum atomic E-state index is -0.313. The van der Waals surface area contributed by atoms with E-state index in [1.807, 2.05) is 0 Å². The number of amides is 2. The fraction of sp³-hybridized carbons (Fsp3) is 0.714. The second kappa shape index (κ2) is 2.75. The van der Waals surface area contributed by atoms with E-state index in [0.717, 1.165) is 6.42 Å². The molecule has 66 valence electrons. The Labute approximate surface area is 69.9 Å². The van der Waals surface area contributed by atoms with Gasteiger partial charge in [-0.3, -0.25) is 14.9 Å². The predicted octanol–water partition coefficient (Wildman–Crippen LogP) is -1.83. The molecule has 0 aromatic rings. The van der Waals surface area contributed by atoms with E-state index in [4.69, 9.17) is 0 Å². The Kier molecular flexibility index (Phi) is 1.73. The number of carbonyl (C=O) groups excluding carboxylic acids is 2. The number of nitrogens with one attached hydrogen (secondary N) is 3. The second-order valence-corrected chi connectivity index (χ2v) is 3.09. The highest BCUT2D eigenvalue weighted by atomic mass is 16.2. The third kappa shape index (κ3) is 1.06. The van der Waals surface area contributed by atoms with Gasteiger partial charge in [-0.15, -0.1) is 0 Å². The molecule has 2 unspecified atom stereocenters. The van der Waals surface area contributed by atoms with Crippen molar-refractivity contribution in [1.29, 1.82) is 0 Å². The molecule has 12 heavy (non-hydrogen) atoms. The quantitative estimate of drug-likeness (QED) is 0.399. The summed E-state index contributed by atoms with van der Waals surface area (Å²) in [4.78, 5) is 22.5. The summed E-state index contributed by atoms with van der Waals surface area (Å²) in [5.74, 6) is -0.234. The van der Waals surface area contributed by atoms with Crippen LogP contribution in [0.5, 0.6) is 0 Å². The Bertz CT molecular complexity index is 205. The molecule has 0 spiro atoms. The summed E-state index contributed by atoms with van der Waals surface area (Å²) in [5.41, 5.74) is 0. The first-order chi connectivity index (χ1) is 5.79. The van der Waals surface area contributed by atoms with Gasteiger partial charge in [0.05, 0.1) is 18.6 Å². The molecule has 0 aromatic heterocycles. The van der Waals surface area contributed by atoms with Gasteiger partial charge >= 0.3 is 0 Å². The number of piperidine rings is 1. The fourth-order valence-corrected chi connectivity index (χ4v) is 1.71. The van der Waals surface area contributed by atoms with Crippen LogP contribution < -0.4 is 16.0 Å². The molecule has 5 nitrogen and oxygen atoms in total. The maximum atomic E-state index is 11.2. The lowest BCUT2D eigenvalue weighted by Gasteiger charge is -2.34. The molecule has 0 radical (unpaired) electrons. The Morgan fingerprint density at radius 2 is 2.00 bits per heavy atom. The van der Waals surface area contributed by atoms with Gasteiger partial charge in [0.2, 0.25) is 11.8 Å². The van der Waals surface area contributed by atoms with Crippen LogP contribution >= 0.6 is 0 Å². The van der Waals surface area contributed by atoms with Crippen molar-refractivity contribution in [3.8, 4) is 0 Å². The molecule has 2 fully saturated rings. The number of hydrogen-bond donors (Lipinski definition) is 3. The third-order valence-corrected chi connectivity index (χ3v) is 2.36. The smallest absolute Gasteiger partial charge is 0.238 e. The zero-order valence-corrected chi connectivity index (χ0v) is 6.59. The van der Waals surface area contributed by atoms with Crippen LogP contribution in [0.15, 0.2) is 0 Å². The van der Waals surface area contributed by atoms with Gasteiger partial charge in [0.15, 0.2) is 0 Å². The lowest BCUT2D eigenvalue weighted by Crippen LogP contribution is -2.63. The molecule has 2 amide bonds. The number of hydrogen-bond acceptors (Lipinski definition) is 3. The first-order valence-electron chi connectivity index (χ1n) is 4.08. The molecule has 2 rings (SSSR count). The van der Waals surface area contributed by atoms with Crippen LogP contribution in [0, 0.1) is 5.92 Å². The topological polar surface area (TPSA) is 70.2 Å². The molecule has 0 aliphatic carbocycles. The van der Waals surface area contributed by atoms with Crippen LogP contribution in [0.3, 0.4) is 0 Å². The average Bonchev–Trinajstić information content (AvgIpc) is 2.07. The van der Waals surface area contributed by atoms with Crippen LogP contribution in [-0.4, -0.2) is 31.1 Å². The standard InChI is InChI=1S/C7H11N3O2/c11-6-4-1-2-8-7(12)5(4)9-3-10-6/h4-5,9H,1-3H2,(H,8,12)(H,10,11). The van der Waals surface area contributed by atoms with Crippen molar-refractivity contribution in [2.75, 3.05) is 13.2 Å². The lowest BCUT2D eigenvalue weighted by molar-refractivity contribution is -0.137. The van der Waals surface area contributed by atoms with E-state index in [0.29, 0.717) is 13.2 Å². The van der Waals surface area contributed by atoms with Gasteiger partial charge in [0.25, 0.3) is 0 Å². The number of fused-ring (bicyclic) bond motifs is 1. The predicted molar refractivity (Wildman–Crippen MR) is 41.1 cm³/mol. The molecular weight excluding hydrogens is 158 g/mol. The van der Waals surface area contributed by atoms with Crippen molar-refractivity contribution >= 4 is 11.8 Å². The van der Waals surface area contributed by atoms with Crippen LogP contribution in [-0.2, 0) is 9.59 Å². The Balaban J connectivity index is 2.16. The zero-order valence-electron chi connectivity index (χ0n) is 6.59. The largest absolute Gasteiger partial charge is 0.355 e. The van der Waals surface area contributed by atoms with Crippen molar-refractivity contribution in [2.24, 2.45) is 5.92 Å². The first kappa shape index (κ1) is 7.54. The maximum absolute atomic E-state index is 11.2. The number of carbonyl (C=O) groups is 2. The van der Waals surface area contributed by atoms with Gasteiger partial charge in [-0.05, 0) is 6.42 Å². The maximum Gasteiger partial charge on any atom is 0.238 e. The molecule has 3 N–H and O–H groups in total. The fourth-order valence-electron chi connectivity index (χ4n) is 1.71. The van der Waals surface area contributed by atoms with E-state index >= 15 is 0 Å². The van der Waals surface area contributed by atoms with E-state index in [2.05, 4.69) is 16.0 Å². The zero-order chi connectivity index (χ0) is 8.55. The minimum absolute atomic E-state index is 0.00593. The molecule has 2 aliphatic rings. The lowest BCUT2D eigenvalue weighted by atomic mass is 9.90. The Hall–Kier alpha value is -1.10. The van der Waals surface area contributed by atoms with Crippen LogP contribution in [0.1, 0.15) is 6.42 Å². The molecule has 2 atom stereocenters. The van der Waals surface area contributed by atoms with E-state index in [1.54, 1.807) is 0 Å². The van der Waals surface area contributed by atoms with E-state index < -0.39 is 0 Å². The highest BCUT2D eigenvalue weighted by Crippen LogP contribution is 2.15. The highest BCUT2D eigenvalue weighted by molar-refractivity contribution is 5.92. The Morgan fingerprint density at radius 3 is 2.75 bits per heavy atom. The van der Waals surface area contributed by atoms with E-state index in [9.17, 15) is 9.59 Å². The van der Waals surface area contributed by atoms with Gasteiger partial charge in [-0.1, -0.05) is 0 Å². The van der Waals surface area contributed by atoms with E-state index in [-0.39, 0.29) is 23.8 Å². The molecule has 2 saturated heterocycles.